The van der Waals surface area contributed by atoms with Crippen molar-refractivity contribution >= 4 is 57.0 Å². The molecule has 15 nitrogen and oxygen atoms in total. The van der Waals surface area contributed by atoms with E-state index in [4.69, 9.17) is 9.47 Å². The first-order valence-electron chi connectivity index (χ1n) is 18.0. The molecular weight excluding hydrogens is 737 g/mol. The average Bonchev–Trinajstić information content (AvgIpc) is 3.95. The zero-order valence-electron chi connectivity index (χ0n) is 31.7. The van der Waals surface area contributed by atoms with Crippen LogP contribution in [0.4, 0.5) is 15.3 Å². The molecule has 1 aliphatic heterocycles. The highest BCUT2D eigenvalue weighted by molar-refractivity contribution is 7.91. The van der Waals surface area contributed by atoms with Crippen molar-refractivity contribution < 1.29 is 41.9 Å². The molecule has 17 heteroatoms. The lowest BCUT2D eigenvalue weighted by Crippen LogP contribution is -2.60. The number of thiazole rings is 1. The first kappa shape index (κ1) is 40.7. The third kappa shape index (κ3) is 9.22. The highest BCUT2D eigenvalue weighted by atomic mass is 32.2. The van der Waals surface area contributed by atoms with E-state index in [0.29, 0.717) is 35.5 Å². The Morgan fingerprint density at radius 3 is 2.41 bits per heavy atom. The summed E-state index contributed by atoms with van der Waals surface area (Å²) in [6.45, 7) is 16.0. The smallest absolute Gasteiger partial charge is 0.411 e. The molecule has 3 fully saturated rings. The normalized spacial score (nSPS) is 23.1. The lowest BCUT2D eigenvalue weighted by molar-refractivity contribution is -0.143. The topological polar surface area (TPSA) is 202 Å². The van der Waals surface area contributed by atoms with Crippen LogP contribution in [0.3, 0.4) is 0 Å². The van der Waals surface area contributed by atoms with E-state index < -0.39 is 85.8 Å². The van der Waals surface area contributed by atoms with Crippen LogP contribution in [0.1, 0.15) is 79.2 Å². The summed E-state index contributed by atoms with van der Waals surface area (Å²) in [7, 11) is -3.93. The molecule has 5 rings (SSSR count). The van der Waals surface area contributed by atoms with Gasteiger partial charge in [-0.1, -0.05) is 39.8 Å². The van der Waals surface area contributed by atoms with E-state index >= 15 is 0 Å². The van der Waals surface area contributed by atoms with Crippen molar-refractivity contribution in [1.29, 1.82) is 0 Å². The van der Waals surface area contributed by atoms with Gasteiger partial charge in [-0.25, -0.2) is 23.0 Å². The average molecular weight is 787 g/mol. The van der Waals surface area contributed by atoms with Crippen LogP contribution >= 0.6 is 11.3 Å². The summed E-state index contributed by atoms with van der Waals surface area (Å²) in [5.41, 5.74) is -1.28. The molecule has 1 saturated heterocycles. The van der Waals surface area contributed by atoms with Crippen LogP contribution in [0.2, 0.25) is 0 Å². The SMILES string of the molecule is C=CC1CC1(NC(=O)C1CC(OC(=O)Nc2cc(C)ccc2-c2nccs2)CN1C(=O)C(NC(=O)OC(C)(C)CC)C(C)(C)C)C(=O)NS(=O)(=O)C1CC1. The molecule has 0 spiro atoms. The van der Waals surface area contributed by atoms with Gasteiger partial charge in [0, 0.05) is 29.5 Å². The number of ether oxygens (including phenoxy) is 2. The molecular formula is C37H50N6O9S2. The highest BCUT2D eigenvalue weighted by Crippen LogP contribution is 2.45. The number of likely N-dealkylation sites (tertiary alicyclic amines) is 1. The number of nitrogens with zero attached hydrogens (tertiary/aromatic N) is 2. The Kier molecular flexibility index (Phi) is 11.5. The number of carbonyl (C=O) groups is 5. The van der Waals surface area contributed by atoms with Crippen LogP contribution in [-0.2, 0) is 33.9 Å². The van der Waals surface area contributed by atoms with Gasteiger partial charge in [0.2, 0.25) is 21.8 Å². The third-order valence-electron chi connectivity index (χ3n) is 10.0. The van der Waals surface area contributed by atoms with Gasteiger partial charge in [-0.3, -0.25) is 24.4 Å². The van der Waals surface area contributed by atoms with E-state index in [-0.39, 0.29) is 19.4 Å². The fourth-order valence-electron chi connectivity index (χ4n) is 6.27. The third-order valence-corrected chi connectivity index (χ3v) is 12.7. The van der Waals surface area contributed by atoms with E-state index in [1.807, 2.05) is 31.4 Å². The number of aromatic nitrogens is 1. The van der Waals surface area contributed by atoms with Crippen molar-refractivity contribution in [1.82, 2.24) is 25.2 Å². The Bertz CT molecular complexity index is 1910. The summed E-state index contributed by atoms with van der Waals surface area (Å²) < 4.78 is 38.9. The number of sulfonamides is 1. The van der Waals surface area contributed by atoms with Crippen molar-refractivity contribution in [3.05, 3.63) is 48.0 Å². The highest BCUT2D eigenvalue weighted by Gasteiger charge is 2.62. The summed E-state index contributed by atoms with van der Waals surface area (Å²) in [5.74, 6) is -2.86. The lowest BCUT2D eigenvalue weighted by Gasteiger charge is -2.36. The summed E-state index contributed by atoms with van der Waals surface area (Å²) in [6.07, 6.45) is 1.80. The van der Waals surface area contributed by atoms with Crippen LogP contribution in [0.25, 0.3) is 10.6 Å². The Hall–Kier alpha value is -4.51. The molecule has 294 valence electrons. The van der Waals surface area contributed by atoms with Crippen molar-refractivity contribution in [2.75, 3.05) is 11.9 Å². The molecule has 54 heavy (non-hydrogen) atoms. The predicted molar refractivity (Wildman–Crippen MR) is 203 cm³/mol. The molecule has 3 aliphatic rings. The molecule has 5 atom stereocenters. The Morgan fingerprint density at radius 1 is 1.13 bits per heavy atom. The van der Waals surface area contributed by atoms with Crippen LogP contribution in [0, 0.1) is 18.3 Å². The van der Waals surface area contributed by atoms with E-state index in [1.54, 1.807) is 46.9 Å². The molecule has 0 bridgehead atoms. The van der Waals surface area contributed by atoms with Gasteiger partial charge < -0.3 is 25.0 Å². The zero-order valence-corrected chi connectivity index (χ0v) is 33.3. The molecule has 4 N–H and O–H groups in total. The second kappa shape index (κ2) is 15.3. The van der Waals surface area contributed by atoms with Gasteiger partial charge in [-0.2, -0.15) is 0 Å². The lowest BCUT2D eigenvalue weighted by atomic mass is 9.85. The number of alkyl carbamates (subject to hydrolysis) is 1. The summed E-state index contributed by atoms with van der Waals surface area (Å²) in [5, 5.41) is 10.0. The molecule has 1 aromatic carbocycles. The van der Waals surface area contributed by atoms with Gasteiger partial charge in [-0.05, 0) is 69.6 Å². The maximum absolute atomic E-state index is 14.5. The van der Waals surface area contributed by atoms with Gasteiger partial charge in [-0.15, -0.1) is 17.9 Å². The minimum absolute atomic E-state index is 0.0976. The molecule has 5 amide bonds. The van der Waals surface area contributed by atoms with Gasteiger partial charge in [0.25, 0.3) is 5.91 Å². The number of amides is 5. The first-order valence-corrected chi connectivity index (χ1v) is 20.4. The van der Waals surface area contributed by atoms with E-state index in [0.717, 1.165) is 5.56 Å². The number of nitrogens with one attached hydrogen (secondary N) is 4. The molecule has 2 aromatic rings. The Morgan fingerprint density at radius 2 is 1.83 bits per heavy atom. The number of aryl methyl sites for hydroxylation is 1. The van der Waals surface area contributed by atoms with Gasteiger partial charge in [0.05, 0.1) is 17.5 Å². The molecule has 5 unspecified atom stereocenters. The van der Waals surface area contributed by atoms with Gasteiger partial charge in [0.1, 0.15) is 34.3 Å². The van der Waals surface area contributed by atoms with Crippen molar-refractivity contribution in [2.45, 2.75) is 115 Å². The second-order valence-electron chi connectivity index (χ2n) is 15.9. The van der Waals surface area contributed by atoms with Crippen LogP contribution in [-0.4, -0.2) is 89.3 Å². The Labute approximate surface area is 320 Å². The summed E-state index contributed by atoms with van der Waals surface area (Å²) in [4.78, 5) is 74.2. The monoisotopic (exact) mass is 786 g/mol. The quantitative estimate of drug-likeness (QED) is 0.207. The molecule has 2 aliphatic carbocycles. The molecule has 2 saturated carbocycles. The van der Waals surface area contributed by atoms with Crippen LogP contribution in [0.15, 0.2) is 42.4 Å². The standard InChI is InChI=1S/C37H50N6O9S2/c1-9-22-19-37(22,32(46)42-54(49,50)24-12-13-24)41-29(44)27-18-23(51-33(47)39-26-17-21(3)11-14-25(26)30-38-15-16-53-30)20-43(27)31(45)28(35(4,5)6)40-34(48)52-36(7,8)10-2/h9,11,14-17,22-24,27-28H,1,10,12-13,18-20H2,2-8H3,(H,39,47)(H,40,48)(H,41,44)(H,42,46). The van der Waals surface area contributed by atoms with E-state index in [1.165, 1.54) is 22.3 Å². The van der Waals surface area contributed by atoms with Crippen molar-refractivity contribution in [2.24, 2.45) is 11.3 Å². The maximum atomic E-state index is 14.5. The van der Waals surface area contributed by atoms with Gasteiger partial charge >= 0.3 is 12.2 Å². The second-order valence-corrected chi connectivity index (χ2v) is 18.8. The van der Waals surface area contributed by atoms with Crippen LogP contribution < -0.4 is 20.7 Å². The fraction of sp³-hybridized carbons (Fsp3) is 0.568. The molecule has 2 heterocycles. The first-order chi connectivity index (χ1) is 25.2. The predicted octanol–water partition coefficient (Wildman–Crippen LogP) is 4.64. The number of hydrogen-bond acceptors (Lipinski definition) is 11. The Balaban J connectivity index is 1.40. The van der Waals surface area contributed by atoms with E-state index in [2.05, 4.69) is 32.2 Å². The minimum atomic E-state index is -3.93. The summed E-state index contributed by atoms with van der Waals surface area (Å²) >= 11 is 1.40. The van der Waals surface area contributed by atoms with E-state index in [9.17, 15) is 32.4 Å². The number of rotatable bonds is 13. The maximum Gasteiger partial charge on any atom is 0.411 e. The number of anilines is 1. The van der Waals surface area contributed by atoms with Crippen LogP contribution in [0.5, 0.6) is 0 Å². The van der Waals surface area contributed by atoms with Gasteiger partial charge in [0.15, 0.2) is 0 Å². The fourth-order valence-corrected chi connectivity index (χ4v) is 8.32. The molecule has 1 aromatic heterocycles. The minimum Gasteiger partial charge on any atom is -0.444 e. The van der Waals surface area contributed by atoms with Crippen molar-refractivity contribution in [3.63, 3.8) is 0 Å². The zero-order chi connectivity index (χ0) is 39.8. The van der Waals surface area contributed by atoms with Crippen molar-refractivity contribution in [3.8, 4) is 10.6 Å². The molecule has 0 radical (unpaired) electrons. The summed E-state index contributed by atoms with van der Waals surface area (Å²) in [6, 6.07) is 3.04. The number of carbonyl (C=O) groups excluding carboxylic acids is 5. The number of hydrogen-bond donors (Lipinski definition) is 4. The largest absolute Gasteiger partial charge is 0.444 e. The number of benzene rings is 1.